The Labute approximate surface area is 103 Å². The number of hydrogen-bond acceptors (Lipinski definition) is 4. The van der Waals surface area contributed by atoms with Gasteiger partial charge in [-0.15, -0.1) is 0 Å². The summed E-state index contributed by atoms with van der Waals surface area (Å²) < 4.78 is 0. The van der Waals surface area contributed by atoms with Gasteiger partial charge in [0.15, 0.2) is 0 Å². The Balaban J connectivity index is 2.78. The first-order valence-electron chi connectivity index (χ1n) is 5.23. The lowest BCUT2D eigenvalue weighted by Crippen LogP contribution is -2.40. The van der Waals surface area contributed by atoms with Crippen molar-refractivity contribution in [3.8, 4) is 0 Å². The molecule has 1 rings (SSSR count). The molecule has 1 aromatic rings. The molecule has 0 saturated heterocycles. The summed E-state index contributed by atoms with van der Waals surface area (Å²) in [6.07, 6.45) is 0.258. The molecule has 18 heavy (non-hydrogen) atoms. The summed E-state index contributed by atoms with van der Waals surface area (Å²) in [7, 11) is 0. The van der Waals surface area contributed by atoms with Crippen LogP contribution in [-0.2, 0) is 4.79 Å². The van der Waals surface area contributed by atoms with Crippen LogP contribution < -0.4 is 5.32 Å². The molecule has 1 aromatic carbocycles. The van der Waals surface area contributed by atoms with Gasteiger partial charge in [-0.1, -0.05) is 6.92 Å². The van der Waals surface area contributed by atoms with E-state index >= 15 is 0 Å². The molecule has 1 atom stereocenters. The van der Waals surface area contributed by atoms with Crippen molar-refractivity contribution < 1.29 is 19.6 Å². The topological polar surface area (TPSA) is 110 Å². The standard InChI is InChI=1S/C11H12N2O5/c1-2-9(11(15)16)12-10(14)7-3-5-8(6-4-7)13(17)18/h3-6,9H,2H2,1H3,(H,12,14)(H,15,16)/t9-/m1/s1. The van der Waals surface area contributed by atoms with Crippen LogP contribution in [0, 0.1) is 10.1 Å². The molecule has 2 N–H and O–H groups in total. The Hall–Kier alpha value is -2.44. The number of nitrogens with zero attached hydrogens (tertiary/aromatic N) is 1. The van der Waals surface area contributed by atoms with Gasteiger partial charge in [0, 0.05) is 17.7 Å². The second-order valence-corrected chi connectivity index (χ2v) is 3.58. The molecular weight excluding hydrogens is 240 g/mol. The number of carboxylic acid groups (broad SMARTS) is 1. The highest BCUT2D eigenvalue weighted by Crippen LogP contribution is 2.12. The molecule has 96 valence electrons. The molecule has 0 radical (unpaired) electrons. The van der Waals surface area contributed by atoms with Crippen LogP contribution in [0.1, 0.15) is 23.7 Å². The third kappa shape index (κ3) is 3.27. The van der Waals surface area contributed by atoms with E-state index in [0.717, 1.165) is 0 Å². The Morgan fingerprint density at radius 1 is 1.39 bits per heavy atom. The van der Waals surface area contributed by atoms with E-state index in [9.17, 15) is 19.7 Å². The van der Waals surface area contributed by atoms with Crippen LogP contribution in [0.15, 0.2) is 24.3 Å². The summed E-state index contributed by atoms with van der Waals surface area (Å²) in [5.41, 5.74) is 0.0529. The number of carbonyl (C=O) groups excluding carboxylic acids is 1. The van der Waals surface area contributed by atoms with Crippen molar-refractivity contribution in [1.82, 2.24) is 5.32 Å². The third-order valence-corrected chi connectivity index (χ3v) is 2.35. The first-order chi connectivity index (χ1) is 8.45. The van der Waals surface area contributed by atoms with Crippen molar-refractivity contribution in [3.05, 3.63) is 39.9 Å². The van der Waals surface area contributed by atoms with E-state index in [2.05, 4.69) is 5.32 Å². The number of nitrogens with one attached hydrogen (secondary N) is 1. The summed E-state index contributed by atoms with van der Waals surface area (Å²) in [4.78, 5) is 32.2. The van der Waals surface area contributed by atoms with E-state index in [-0.39, 0.29) is 17.7 Å². The largest absolute Gasteiger partial charge is 0.480 e. The quantitative estimate of drug-likeness (QED) is 0.604. The molecule has 0 heterocycles. The molecule has 0 spiro atoms. The van der Waals surface area contributed by atoms with E-state index in [0.29, 0.717) is 0 Å². The molecule has 0 aromatic heterocycles. The Bertz CT molecular complexity index is 469. The fraction of sp³-hybridized carbons (Fsp3) is 0.273. The van der Waals surface area contributed by atoms with Gasteiger partial charge in [-0.25, -0.2) is 4.79 Å². The maximum Gasteiger partial charge on any atom is 0.326 e. The minimum atomic E-state index is -1.12. The molecule has 0 aliphatic heterocycles. The number of carbonyl (C=O) groups is 2. The van der Waals surface area contributed by atoms with E-state index in [4.69, 9.17) is 5.11 Å². The van der Waals surface area contributed by atoms with Gasteiger partial charge in [0.25, 0.3) is 11.6 Å². The van der Waals surface area contributed by atoms with Gasteiger partial charge in [0.2, 0.25) is 0 Å². The number of non-ortho nitro benzene ring substituents is 1. The number of nitro groups is 1. The van der Waals surface area contributed by atoms with Crippen LogP contribution >= 0.6 is 0 Å². The first-order valence-corrected chi connectivity index (χ1v) is 5.23. The van der Waals surface area contributed by atoms with Crippen LogP contribution in [0.4, 0.5) is 5.69 Å². The molecule has 7 nitrogen and oxygen atoms in total. The zero-order valence-electron chi connectivity index (χ0n) is 9.62. The van der Waals surface area contributed by atoms with Crippen LogP contribution in [0.25, 0.3) is 0 Å². The van der Waals surface area contributed by atoms with E-state index < -0.39 is 22.8 Å². The highest BCUT2D eigenvalue weighted by molar-refractivity contribution is 5.96. The number of amides is 1. The van der Waals surface area contributed by atoms with Crippen molar-refractivity contribution >= 4 is 17.6 Å². The van der Waals surface area contributed by atoms with Crippen molar-refractivity contribution in [1.29, 1.82) is 0 Å². The summed E-state index contributed by atoms with van der Waals surface area (Å²) in [5.74, 6) is -1.69. The molecule has 0 bridgehead atoms. The van der Waals surface area contributed by atoms with Gasteiger partial charge in [-0.2, -0.15) is 0 Å². The van der Waals surface area contributed by atoms with E-state index in [1.807, 2.05) is 0 Å². The molecule has 0 fully saturated rings. The Morgan fingerprint density at radius 2 is 1.94 bits per heavy atom. The highest BCUT2D eigenvalue weighted by atomic mass is 16.6. The van der Waals surface area contributed by atoms with Crippen LogP contribution in [0.2, 0.25) is 0 Å². The summed E-state index contributed by atoms with van der Waals surface area (Å²) >= 11 is 0. The minimum Gasteiger partial charge on any atom is -0.480 e. The lowest BCUT2D eigenvalue weighted by atomic mass is 10.1. The number of aliphatic carboxylic acids is 1. The number of hydrogen-bond donors (Lipinski definition) is 2. The lowest BCUT2D eigenvalue weighted by molar-refractivity contribution is -0.384. The van der Waals surface area contributed by atoms with Gasteiger partial charge in [-0.3, -0.25) is 14.9 Å². The zero-order chi connectivity index (χ0) is 13.7. The fourth-order valence-corrected chi connectivity index (χ4v) is 1.31. The zero-order valence-corrected chi connectivity index (χ0v) is 9.62. The predicted octanol–water partition coefficient (Wildman–Crippen LogP) is 1.19. The van der Waals surface area contributed by atoms with Crippen LogP contribution in [0.3, 0.4) is 0 Å². The van der Waals surface area contributed by atoms with Crippen molar-refractivity contribution in [2.45, 2.75) is 19.4 Å². The highest BCUT2D eigenvalue weighted by Gasteiger charge is 2.18. The number of rotatable bonds is 5. The smallest absolute Gasteiger partial charge is 0.326 e. The van der Waals surface area contributed by atoms with Crippen LogP contribution in [0.5, 0.6) is 0 Å². The maximum absolute atomic E-state index is 11.7. The second kappa shape index (κ2) is 5.76. The summed E-state index contributed by atoms with van der Waals surface area (Å²) in [6, 6.07) is 3.98. The third-order valence-electron chi connectivity index (χ3n) is 2.35. The summed E-state index contributed by atoms with van der Waals surface area (Å²) in [5, 5.41) is 21.5. The SMILES string of the molecule is CC[C@@H](NC(=O)c1ccc([N+](=O)[O-])cc1)C(=O)O. The number of carboxylic acids is 1. The lowest BCUT2D eigenvalue weighted by Gasteiger charge is -2.11. The predicted molar refractivity (Wildman–Crippen MR) is 62.3 cm³/mol. The van der Waals surface area contributed by atoms with Gasteiger partial charge in [0.05, 0.1) is 4.92 Å². The monoisotopic (exact) mass is 252 g/mol. The number of nitro benzene ring substituents is 1. The molecule has 0 unspecified atom stereocenters. The average molecular weight is 252 g/mol. The maximum atomic E-state index is 11.7. The van der Waals surface area contributed by atoms with E-state index in [1.54, 1.807) is 6.92 Å². The van der Waals surface area contributed by atoms with Gasteiger partial charge in [-0.05, 0) is 18.6 Å². The second-order valence-electron chi connectivity index (χ2n) is 3.58. The van der Waals surface area contributed by atoms with Crippen molar-refractivity contribution in [2.24, 2.45) is 0 Å². The van der Waals surface area contributed by atoms with Gasteiger partial charge >= 0.3 is 5.97 Å². The average Bonchev–Trinajstić information content (AvgIpc) is 2.35. The Morgan fingerprint density at radius 3 is 2.33 bits per heavy atom. The summed E-state index contributed by atoms with van der Waals surface area (Å²) in [6.45, 7) is 1.63. The molecular formula is C11H12N2O5. The van der Waals surface area contributed by atoms with Crippen molar-refractivity contribution in [3.63, 3.8) is 0 Å². The molecule has 1 amide bonds. The molecule has 0 aliphatic rings. The Kier molecular flexibility index (Phi) is 4.36. The normalized spacial score (nSPS) is 11.6. The van der Waals surface area contributed by atoms with Crippen LogP contribution in [-0.4, -0.2) is 27.9 Å². The molecule has 0 aliphatic carbocycles. The minimum absolute atomic E-state index is 0.128. The molecule has 7 heteroatoms. The number of benzene rings is 1. The van der Waals surface area contributed by atoms with Gasteiger partial charge < -0.3 is 10.4 Å². The van der Waals surface area contributed by atoms with E-state index in [1.165, 1.54) is 24.3 Å². The van der Waals surface area contributed by atoms with Gasteiger partial charge in [0.1, 0.15) is 6.04 Å². The first kappa shape index (κ1) is 13.6. The fourth-order valence-electron chi connectivity index (χ4n) is 1.31. The molecule has 0 saturated carbocycles. The van der Waals surface area contributed by atoms with Crippen molar-refractivity contribution in [2.75, 3.05) is 0 Å².